The van der Waals surface area contributed by atoms with Crippen LogP contribution in [0.3, 0.4) is 0 Å². The predicted octanol–water partition coefficient (Wildman–Crippen LogP) is 2.57. The van der Waals surface area contributed by atoms with Crippen molar-refractivity contribution in [2.45, 2.75) is 12.3 Å². The molecular weight excluding hydrogens is 214 g/mol. The van der Waals surface area contributed by atoms with Crippen molar-refractivity contribution in [1.82, 2.24) is 0 Å². The van der Waals surface area contributed by atoms with Crippen LogP contribution in [0.2, 0.25) is 0 Å². The van der Waals surface area contributed by atoms with Gasteiger partial charge in [0.25, 0.3) is 0 Å². The zero-order valence-electron chi connectivity index (χ0n) is 9.93. The van der Waals surface area contributed by atoms with Crippen molar-refractivity contribution in [3.63, 3.8) is 0 Å². The van der Waals surface area contributed by atoms with Crippen LogP contribution in [-0.2, 0) is 6.42 Å². The third-order valence-corrected chi connectivity index (χ3v) is 2.90. The summed E-state index contributed by atoms with van der Waals surface area (Å²) in [6, 6.07) is 11.9. The van der Waals surface area contributed by atoms with Crippen LogP contribution in [0.15, 0.2) is 47.1 Å². The Morgan fingerprint density at radius 3 is 2.53 bits per heavy atom. The first-order valence-corrected chi connectivity index (χ1v) is 5.70. The molecule has 1 aromatic carbocycles. The molecule has 1 heterocycles. The van der Waals surface area contributed by atoms with Crippen molar-refractivity contribution in [2.75, 3.05) is 13.7 Å². The molecule has 0 aliphatic heterocycles. The van der Waals surface area contributed by atoms with E-state index in [0.717, 1.165) is 17.9 Å². The maximum atomic E-state index is 5.82. The van der Waals surface area contributed by atoms with Crippen molar-refractivity contribution < 1.29 is 9.15 Å². The van der Waals surface area contributed by atoms with Gasteiger partial charge in [-0.1, -0.05) is 12.1 Å². The van der Waals surface area contributed by atoms with Crippen LogP contribution in [0.4, 0.5) is 0 Å². The van der Waals surface area contributed by atoms with Crippen LogP contribution < -0.4 is 10.5 Å². The summed E-state index contributed by atoms with van der Waals surface area (Å²) in [6.07, 6.45) is 2.52. The monoisotopic (exact) mass is 231 g/mol. The lowest BCUT2D eigenvalue weighted by atomic mass is 9.95. The molecule has 0 saturated heterocycles. The molecule has 1 aromatic heterocycles. The average molecular weight is 231 g/mol. The highest BCUT2D eigenvalue weighted by atomic mass is 16.5. The van der Waals surface area contributed by atoms with Gasteiger partial charge in [0, 0.05) is 12.3 Å². The molecule has 0 spiro atoms. The second-order valence-corrected chi connectivity index (χ2v) is 3.99. The van der Waals surface area contributed by atoms with Gasteiger partial charge < -0.3 is 14.9 Å². The van der Waals surface area contributed by atoms with Gasteiger partial charge in [0.1, 0.15) is 11.5 Å². The average Bonchev–Trinajstić information content (AvgIpc) is 2.89. The van der Waals surface area contributed by atoms with Gasteiger partial charge in [-0.15, -0.1) is 0 Å². The lowest BCUT2D eigenvalue weighted by molar-refractivity contribution is 0.414. The Labute approximate surface area is 101 Å². The Morgan fingerprint density at radius 2 is 2.00 bits per heavy atom. The van der Waals surface area contributed by atoms with Crippen molar-refractivity contribution in [1.29, 1.82) is 0 Å². The first-order valence-electron chi connectivity index (χ1n) is 5.70. The molecule has 1 unspecified atom stereocenters. The Morgan fingerprint density at radius 1 is 1.24 bits per heavy atom. The molecule has 2 rings (SSSR count). The fourth-order valence-electron chi connectivity index (χ4n) is 1.88. The maximum Gasteiger partial charge on any atom is 0.118 e. The van der Waals surface area contributed by atoms with Gasteiger partial charge in [0.15, 0.2) is 0 Å². The number of hydrogen-bond acceptors (Lipinski definition) is 3. The molecule has 2 N–H and O–H groups in total. The van der Waals surface area contributed by atoms with Gasteiger partial charge in [-0.2, -0.15) is 0 Å². The van der Waals surface area contributed by atoms with E-state index in [1.807, 2.05) is 24.3 Å². The second-order valence-electron chi connectivity index (χ2n) is 3.99. The van der Waals surface area contributed by atoms with E-state index in [-0.39, 0.29) is 5.92 Å². The fraction of sp³-hybridized carbons (Fsp3) is 0.286. The first kappa shape index (κ1) is 11.7. The minimum Gasteiger partial charge on any atom is -0.497 e. The molecule has 2 aromatic rings. The Bertz CT molecular complexity index is 434. The van der Waals surface area contributed by atoms with Crippen LogP contribution in [0.1, 0.15) is 17.2 Å². The number of methoxy groups -OCH3 is 1. The third kappa shape index (κ3) is 2.88. The Kier molecular flexibility index (Phi) is 3.83. The van der Waals surface area contributed by atoms with Crippen molar-refractivity contribution in [3.05, 3.63) is 54.0 Å². The van der Waals surface area contributed by atoms with Crippen LogP contribution >= 0.6 is 0 Å². The fourth-order valence-corrected chi connectivity index (χ4v) is 1.88. The molecule has 0 amide bonds. The molecule has 3 nitrogen and oxygen atoms in total. The van der Waals surface area contributed by atoms with Gasteiger partial charge in [-0.05, 0) is 36.4 Å². The predicted molar refractivity (Wildman–Crippen MR) is 67.2 cm³/mol. The minimum absolute atomic E-state index is 0.284. The highest BCUT2D eigenvalue weighted by molar-refractivity contribution is 5.30. The van der Waals surface area contributed by atoms with Crippen LogP contribution in [-0.4, -0.2) is 13.7 Å². The normalized spacial score (nSPS) is 12.4. The van der Waals surface area contributed by atoms with E-state index in [0.29, 0.717) is 6.54 Å². The van der Waals surface area contributed by atoms with E-state index >= 15 is 0 Å². The zero-order chi connectivity index (χ0) is 12.1. The molecule has 0 radical (unpaired) electrons. The molecular formula is C14H17NO2. The van der Waals surface area contributed by atoms with Gasteiger partial charge in [-0.25, -0.2) is 0 Å². The van der Waals surface area contributed by atoms with Crippen LogP contribution in [0.25, 0.3) is 0 Å². The smallest absolute Gasteiger partial charge is 0.118 e. The van der Waals surface area contributed by atoms with Gasteiger partial charge in [-0.3, -0.25) is 0 Å². The van der Waals surface area contributed by atoms with E-state index in [1.54, 1.807) is 13.4 Å². The molecule has 17 heavy (non-hydrogen) atoms. The van der Waals surface area contributed by atoms with Gasteiger partial charge in [0.2, 0.25) is 0 Å². The summed E-state index contributed by atoms with van der Waals surface area (Å²) in [5.74, 6) is 2.12. The van der Waals surface area contributed by atoms with E-state index in [2.05, 4.69) is 12.1 Å². The summed E-state index contributed by atoms with van der Waals surface area (Å²) >= 11 is 0. The van der Waals surface area contributed by atoms with Crippen molar-refractivity contribution >= 4 is 0 Å². The summed E-state index contributed by atoms with van der Waals surface area (Å²) in [5.41, 5.74) is 7.03. The van der Waals surface area contributed by atoms with E-state index in [4.69, 9.17) is 14.9 Å². The van der Waals surface area contributed by atoms with E-state index in [1.165, 1.54) is 5.56 Å². The topological polar surface area (TPSA) is 48.4 Å². The molecule has 1 atom stereocenters. The molecule has 3 heteroatoms. The molecule has 0 aliphatic carbocycles. The molecule has 0 bridgehead atoms. The summed E-state index contributed by atoms with van der Waals surface area (Å²) in [4.78, 5) is 0. The highest BCUT2D eigenvalue weighted by Crippen LogP contribution is 2.22. The summed E-state index contributed by atoms with van der Waals surface area (Å²) in [7, 11) is 1.66. The Balaban J connectivity index is 2.11. The molecule has 90 valence electrons. The molecule has 0 aliphatic rings. The van der Waals surface area contributed by atoms with E-state index in [9.17, 15) is 0 Å². The number of rotatable bonds is 5. The maximum absolute atomic E-state index is 5.82. The first-order chi connectivity index (χ1) is 8.33. The zero-order valence-corrected chi connectivity index (χ0v) is 9.93. The van der Waals surface area contributed by atoms with Gasteiger partial charge in [0.05, 0.1) is 13.4 Å². The summed E-state index contributed by atoms with van der Waals surface area (Å²) < 4.78 is 10.5. The van der Waals surface area contributed by atoms with Crippen LogP contribution in [0.5, 0.6) is 5.75 Å². The number of ether oxygens (including phenoxy) is 1. The number of furan rings is 1. The summed E-state index contributed by atoms with van der Waals surface area (Å²) in [6.45, 7) is 0.604. The lowest BCUT2D eigenvalue weighted by Gasteiger charge is -2.14. The van der Waals surface area contributed by atoms with Crippen molar-refractivity contribution in [3.8, 4) is 5.75 Å². The number of benzene rings is 1. The largest absolute Gasteiger partial charge is 0.497 e. The molecule has 0 saturated carbocycles. The number of nitrogens with two attached hydrogens (primary N) is 1. The van der Waals surface area contributed by atoms with Crippen LogP contribution in [0, 0.1) is 0 Å². The molecule has 0 fully saturated rings. The SMILES string of the molecule is COc1ccc(C(CN)Cc2ccco2)cc1. The standard InChI is InChI=1S/C14H17NO2/c1-16-13-6-4-11(5-7-13)12(10-15)9-14-3-2-8-17-14/h2-8,12H,9-10,15H2,1H3. The van der Waals surface area contributed by atoms with Crippen molar-refractivity contribution in [2.24, 2.45) is 5.73 Å². The second kappa shape index (κ2) is 5.55. The Hall–Kier alpha value is -1.74. The number of hydrogen-bond donors (Lipinski definition) is 1. The lowest BCUT2D eigenvalue weighted by Crippen LogP contribution is -2.14. The summed E-state index contributed by atoms with van der Waals surface area (Å²) in [5, 5.41) is 0. The van der Waals surface area contributed by atoms with E-state index < -0.39 is 0 Å². The minimum atomic E-state index is 0.284. The van der Waals surface area contributed by atoms with Gasteiger partial charge >= 0.3 is 0 Å². The quantitative estimate of drug-likeness (QED) is 0.860. The highest BCUT2D eigenvalue weighted by Gasteiger charge is 2.12. The third-order valence-electron chi connectivity index (χ3n) is 2.90.